The molecule has 2 unspecified atom stereocenters. The van der Waals surface area contributed by atoms with Gasteiger partial charge in [-0.25, -0.2) is 4.79 Å². The Labute approximate surface area is 144 Å². The first-order chi connectivity index (χ1) is 11.6. The summed E-state index contributed by atoms with van der Waals surface area (Å²) in [7, 11) is 2.13. The molecule has 2 rings (SSSR count). The molecule has 2 amide bonds. The molecule has 24 heavy (non-hydrogen) atoms. The average molecular weight is 334 g/mol. The number of aliphatic hydroxyl groups is 1. The van der Waals surface area contributed by atoms with Crippen LogP contribution < -0.4 is 10.6 Å². The summed E-state index contributed by atoms with van der Waals surface area (Å²) in [5.74, 6) is 0. The fourth-order valence-electron chi connectivity index (χ4n) is 2.97. The van der Waals surface area contributed by atoms with Crippen LogP contribution in [0.3, 0.4) is 0 Å². The van der Waals surface area contributed by atoms with Gasteiger partial charge in [0, 0.05) is 38.8 Å². The van der Waals surface area contributed by atoms with Crippen molar-refractivity contribution in [3.8, 4) is 0 Å². The summed E-state index contributed by atoms with van der Waals surface area (Å²) < 4.78 is 0. The number of carbonyl (C=O) groups is 1. The predicted octanol–water partition coefficient (Wildman–Crippen LogP) is 0.525. The van der Waals surface area contributed by atoms with Crippen LogP contribution in [0.15, 0.2) is 30.3 Å². The second-order valence-corrected chi connectivity index (χ2v) is 6.69. The quantitative estimate of drug-likeness (QED) is 0.680. The first-order valence-corrected chi connectivity index (χ1v) is 8.69. The van der Waals surface area contributed by atoms with Crippen molar-refractivity contribution in [2.75, 3.05) is 46.4 Å². The van der Waals surface area contributed by atoms with Gasteiger partial charge in [0.15, 0.2) is 0 Å². The summed E-state index contributed by atoms with van der Waals surface area (Å²) in [6.07, 6.45) is 0.623. The number of hydrogen-bond acceptors (Lipinski definition) is 4. The van der Waals surface area contributed by atoms with Gasteiger partial charge < -0.3 is 20.6 Å². The molecule has 134 valence electrons. The molecule has 0 aromatic heterocycles. The first-order valence-electron chi connectivity index (χ1n) is 8.69. The van der Waals surface area contributed by atoms with Gasteiger partial charge in [0.1, 0.15) is 0 Å². The Bertz CT molecular complexity index is 489. The fraction of sp³-hybridized carbons (Fsp3) is 0.611. The molecule has 0 spiro atoms. The molecule has 3 N–H and O–H groups in total. The number of nitrogens with zero attached hydrogens (tertiary/aromatic N) is 2. The molecule has 0 aliphatic carbocycles. The monoisotopic (exact) mass is 334 g/mol. The third-order valence-electron chi connectivity index (χ3n) is 4.39. The number of benzene rings is 1. The van der Waals surface area contributed by atoms with E-state index >= 15 is 0 Å². The number of piperazine rings is 1. The lowest BCUT2D eigenvalue weighted by atomic mass is 10.1. The molecule has 0 saturated carbocycles. The number of likely N-dealkylation sites (N-methyl/N-ethyl adjacent to an activating group) is 1. The lowest BCUT2D eigenvalue weighted by Crippen LogP contribution is -2.52. The van der Waals surface area contributed by atoms with E-state index in [-0.39, 0.29) is 24.7 Å². The molecule has 1 aliphatic rings. The van der Waals surface area contributed by atoms with Gasteiger partial charge in [-0.3, -0.25) is 4.90 Å². The van der Waals surface area contributed by atoms with Crippen molar-refractivity contribution >= 4 is 6.03 Å². The smallest absolute Gasteiger partial charge is 0.315 e. The fourth-order valence-corrected chi connectivity index (χ4v) is 2.97. The highest BCUT2D eigenvalue weighted by molar-refractivity contribution is 5.74. The van der Waals surface area contributed by atoms with Gasteiger partial charge in [-0.1, -0.05) is 30.3 Å². The summed E-state index contributed by atoms with van der Waals surface area (Å²) in [4.78, 5) is 16.8. The Kier molecular flexibility index (Phi) is 7.49. The Balaban J connectivity index is 1.72. The number of aliphatic hydroxyl groups excluding tert-OH is 1. The lowest BCUT2D eigenvalue weighted by Gasteiger charge is -2.34. The summed E-state index contributed by atoms with van der Waals surface area (Å²) in [5, 5.41) is 15.3. The second-order valence-electron chi connectivity index (χ2n) is 6.69. The molecule has 0 radical (unpaired) electrons. The minimum Gasteiger partial charge on any atom is -0.394 e. The average Bonchev–Trinajstić information content (AvgIpc) is 2.57. The molecule has 2 atom stereocenters. The van der Waals surface area contributed by atoms with Gasteiger partial charge >= 0.3 is 6.03 Å². The van der Waals surface area contributed by atoms with Crippen molar-refractivity contribution in [2.24, 2.45) is 0 Å². The zero-order valence-corrected chi connectivity index (χ0v) is 14.7. The van der Waals surface area contributed by atoms with Gasteiger partial charge in [0.2, 0.25) is 0 Å². The van der Waals surface area contributed by atoms with Crippen LogP contribution in [-0.2, 0) is 6.42 Å². The van der Waals surface area contributed by atoms with Crippen molar-refractivity contribution in [3.63, 3.8) is 0 Å². The normalized spacial score (nSPS) is 18.8. The van der Waals surface area contributed by atoms with Crippen molar-refractivity contribution in [1.29, 1.82) is 0 Å². The topological polar surface area (TPSA) is 67.8 Å². The highest BCUT2D eigenvalue weighted by Gasteiger charge is 2.18. The molecule has 1 aromatic carbocycles. The highest BCUT2D eigenvalue weighted by atomic mass is 16.3. The Morgan fingerprint density at radius 1 is 1.17 bits per heavy atom. The van der Waals surface area contributed by atoms with Gasteiger partial charge in [0.25, 0.3) is 0 Å². The van der Waals surface area contributed by atoms with Crippen LogP contribution in [0.5, 0.6) is 0 Å². The van der Waals surface area contributed by atoms with E-state index in [0.29, 0.717) is 6.42 Å². The lowest BCUT2D eigenvalue weighted by molar-refractivity contribution is 0.144. The molecule has 6 nitrogen and oxygen atoms in total. The van der Waals surface area contributed by atoms with E-state index in [1.54, 1.807) is 0 Å². The van der Waals surface area contributed by atoms with Crippen molar-refractivity contribution < 1.29 is 9.90 Å². The number of carbonyl (C=O) groups excluding carboxylic acids is 1. The molecule has 6 heteroatoms. The van der Waals surface area contributed by atoms with E-state index in [9.17, 15) is 9.90 Å². The summed E-state index contributed by atoms with van der Waals surface area (Å²) in [5.41, 5.74) is 1.10. The minimum atomic E-state index is -0.275. The van der Waals surface area contributed by atoms with Gasteiger partial charge in [0.05, 0.1) is 12.6 Å². The maximum Gasteiger partial charge on any atom is 0.315 e. The number of hydrogen-bond donors (Lipinski definition) is 3. The first kappa shape index (κ1) is 18.7. The molecule has 1 fully saturated rings. The Hall–Kier alpha value is -1.63. The van der Waals surface area contributed by atoms with Crippen LogP contribution in [0.1, 0.15) is 12.5 Å². The molecule has 1 heterocycles. The summed E-state index contributed by atoms with van der Waals surface area (Å²) >= 11 is 0. The maximum absolute atomic E-state index is 12.1. The largest absolute Gasteiger partial charge is 0.394 e. The number of amides is 2. The molecule has 0 bridgehead atoms. The molecule has 1 aliphatic heterocycles. The van der Waals surface area contributed by atoms with Crippen molar-refractivity contribution in [2.45, 2.75) is 25.4 Å². The standard InChI is InChI=1S/C18H30N4O2/c1-15(13-22-10-8-21(2)9-11-22)19-18(24)20-17(14-23)12-16-6-4-3-5-7-16/h3-7,15,17,23H,8-14H2,1-2H3,(H2,19,20,24). The van der Waals surface area contributed by atoms with Gasteiger partial charge in [-0.15, -0.1) is 0 Å². The second kappa shape index (κ2) is 9.61. The molecule has 1 saturated heterocycles. The molecular weight excluding hydrogens is 304 g/mol. The minimum absolute atomic E-state index is 0.0736. The van der Waals surface area contributed by atoms with Gasteiger partial charge in [-0.05, 0) is 26.0 Å². The Morgan fingerprint density at radius 2 is 1.83 bits per heavy atom. The zero-order valence-electron chi connectivity index (χ0n) is 14.7. The van der Waals surface area contributed by atoms with E-state index in [0.717, 1.165) is 38.3 Å². The van der Waals surface area contributed by atoms with Gasteiger partial charge in [-0.2, -0.15) is 0 Å². The number of nitrogens with one attached hydrogen (secondary N) is 2. The molecule has 1 aromatic rings. The molecular formula is C18H30N4O2. The van der Waals surface area contributed by atoms with E-state index in [2.05, 4.69) is 27.5 Å². The summed E-state index contributed by atoms with van der Waals surface area (Å²) in [6, 6.07) is 9.46. The number of rotatable bonds is 7. The van der Waals surface area contributed by atoms with Crippen LogP contribution >= 0.6 is 0 Å². The van der Waals surface area contributed by atoms with Crippen LogP contribution in [-0.4, -0.2) is 79.4 Å². The van der Waals surface area contributed by atoms with E-state index < -0.39 is 0 Å². The third-order valence-corrected chi connectivity index (χ3v) is 4.39. The van der Waals surface area contributed by atoms with Crippen LogP contribution in [0.25, 0.3) is 0 Å². The van der Waals surface area contributed by atoms with E-state index in [1.807, 2.05) is 37.3 Å². The van der Waals surface area contributed by atoms with E-state index in [4.69, 9.17) is 0 Å². The van der Waals surface area contributed by atoms with Crippen molar-refractivity contribution in [1.82, 2.24) is 20.4 Å². The third kappa shape index (κ3) is 6.47. The Morgan fingerprint density at radius 3 is 2.46 bits per heavy atom. The van der Waals surface area contributed by atoms with Crippen molar-refractivity contribution in [3.05, 3.63) is 35.9 Å². The maximum atomic E-state index is 12.1. The van der Waals surface area contributed by atoms with Crippen LogP contribution in [0.4, 0.5) is 4.79 Å². The number of urea groups is 1. The SMILES string of the molecule is CC(CN1CCN(C)CC1)NC(=O)NC(CO)Cc1ccccc1. The van der Waals surface area contributed by atoms with Crippen LogP contribution in [0.2, 0.25) is 0 Å². The summed E-state index contributed by atoms with van der Waals surface area (Å²) in [6.45, 7) is 7.02. The van der Waals surface area contributed by atoms with E-state index in [1.165, 1.54) is 0 Å². The zero-order chi connectivity index (χ0) is 17.4. The highest BCUT2D eigenvalue weighted by Crippen LogP contribution is 2.03. The van der Waals surface area contributed by atoms with Crippen LogP contribution in [0, 0.1) is 0 Å². The predicted molar refractivity (Wildman–Crippen MR) is 96.1 cm³/mol.